The number of hydrogen-bond donors (Lipinski definition) is 1. The highest BCUT2D eigenvalue weighted by Gasteiger charge is 2.32. The molecule has 0 spiro atoms. The van der Waals surface area contributed by atoms with Crippen LogP contribution in [0.1, 0.15) is 39.5 Å². The van der Waals surface area contributed by atoms with Crippen LogP contribution in [0.4, 0.5) is 0 Å². The van der Waals surface area contributed by atoms with E-state index in [0.29, 0.717) is 0 Å². The van der Waals surface area contributed by atoms with Crippen molar-refractivity contribution >= 4 is 0 Å². The lowest BCUT2D eigenvalue weighted by Gasteiger charge is -2.48. The molecule has 0 aliphatic carbocycles. The van der Waals surface area contributed by atoms with Gasteiger partial charge in [-0.2, -0.15) is 0 Å². The van der Waals surface area contributed by atoms with Gasteiger partial charge in [0.2, 0.25) is 0 Å². The van der Waals surface area contributed by atoms with Crippen LogP contribution in [-0.4, -0.2) is 54.6 Å². The number of piperidine rings is 1. The standard InChI is InChI=1S/C14H29N3/c1-12(6-7-15)9-17-11-14-5-3-4-8-16(14)10-13(17)2/h12-14H,3-11,15H2,1-2H3. The minimum atomic E-state index is 0.726. The van der Waals surface area contributed by atoms with Crippen LogP contribution in [0.2, 0.25) is 0 Å². The second kappa shape index (κ2) is 6.17. The first-order valence-electron chi connectivity index (χ1n) is 7.39. The van der Waals surface area contributed by atoms with Gasteiger partial charge in [0.15, 0.2) is 0 Å². The van der Waals surface area contributed by atoms with Gasteiger partial charge in [-0.25, -0.2) is 0 Å². The van der Waals surface area contributed by atoms with Crippen LogP contribution >= 0.6 is 0 Å². The Kier molecular flexibility index (Phi) is 4.83. The van der Waals surface area contributed by atoms with Gasteiger partial charge in [-0.3, -0.25) is 9.80 Å². The van der Waals surface area contributed by atoms with Gasteiger partial charge in [-0.05, 0) is 45.2 Å². The third kappa shape index (κ3) is 3.43. The SMILES string of the molecule is CC(CCN)CN1CC2CCCCN2CC1C. The highest BCUT2D eigenvalue weighted by molar-refractivity contribution is 4.89. The molecule has 2 N–H and O–H groups in total. The first kappa shape index (κ1) is 13.3. The van der Waals surface area contributed by atoms with Gasteiger partial charge < -0.3 is 5.73 Å². The van der Waals surface area contributed by atoms with Crippen LogP contribution in [-0.2, 0) is 0 Å². The molecular weight excluding hydrogens is 210 g/mol. The molecule has 3 atom stereocenters. The molecule has 3 heteroatoms. The van der Waals surface area contributed by atoms with E-state index in [0.717, 1.165) is 31.0 Å². The first-order chi connectivity index (χ1) is 8.20. The van der Waals surface area contributed by atoms with E-state index >= 15 is 0 Å². The second-order valence-corrected chi connectivity index (χ2v) is 6.13. The van der Waals surface area contributed by atoms with Gasteiger partial charge >= 0.3 is 0 Å². The lowest BCUT2D eigenvalue weighted by atomic mass is 9.96. The van der Waals surface area contributed by atoms with E-state index in [1.165, 1.54) is 45.4 Å². The smallest absolute Gasteiger partial charge is 0.0223 e. The van der Waals surface area contributed by atoms with Crippen molar-refractivity contribution in [2.75, 3.05) is 32.7 Å². The maximum atomic E-state index is 5.65. The van der Waals surface area contributed by atoms with Crippen molar-refractivity contribution in [3.05, 3.63) is 0 Å². The predicted octanol–water partition coefficient (Wildman–Crippen LogP) is 1.53. The first-order valence-corrected chi connectivity index (χ1v) is 7.39. The summed E-state index contributed by atoms with van der Waals surface area (Å²) in [5, 5.41) is 0. The van der Waals surface area contributed by atoms with Gasteiger partial charge in [0.25, 0.3) is 0 Å². The van der Waals surface area contributed by atoms with Crippen molar-refractivity contribution in [1.82, 2.24) is 9.80 Å². The maximum absolute atomic E-state index is 5.65. The summed E-state index contributed by atoms with van der Waals surface area (Å²) in [4.78, 5) is 5.42. The molecule has 2 aliphatic rings. The summed E-state index contributed by atoms with van der Waals surface area (Å²) in [6.45, 7) is 10.7. The molecular formula is C14H29N3. The summed E-state index contributed by atoms with van der Waals surface area (Å²) in [6.07, 6.45) is 5.42. The zero-order valence-corrected chi connectivity index (χ0v) is 11.6. The van der Waals surface area contributed by atoms with Crippen LogP contribution in [0.5, 0.6) is 0 Å². The number of nitrogens with zero attached hydrogens (tertiary/aromatic N) is 2. The van der Waals surface area contributed by atoms with Gasteiger partial charge in [-0.15, -0.1) is 0 Å². The van der Waals surface area contributed by atoms with Gasteiger partial charge in [0.1, 0.15) is 0 Å². The van der Waals surface area contributed by atoms with E-state index in [1.807, 2.05) is 0 Å². The van der Waals surface area contributed by atoms with Crippen molar-refractivity contribution in [2.24, 2.45) is 11.7 Å². The lowest BCUT2D eigenvalue weighted by Crippen LogP contribution is -2.59. The molecule has 0 amide bonds. The Balaban J connectivity index is 1.86. The van der Waals surface area contributed by atoms with E-state index in [2.05, 4.69) is 23.6 Å². The summed E-state index contributed by atoms with van der Waals surface area (Å²) < 4.78 is 0. The fraction of sp³-hybridized carbons (Fsp3) is 1.00. The Bertz CT molecular complexity index is 232. The third-order valence-electron chi connectivity index (χ3n) is 4.52. The minimum Gasteiger partial charge on any atom is -0.330 e. The number of fused-ring (bicyclic) bond motifs is 1. The van der Waals surface area contributed by atoms with Crippen LogP contribution < -0.4 is 5.73 Å². The number of piperazine rings is 1. The summed E-state index contributed by atoms with van der Waals surface area (Å²) >= 11 is 0. The van der Waals surface area contributed by atoms with E-state index < -0.39 is 0 Å². The molecule has 2 aliphatic heterocycles. The van der Waals surface area contributed by atoms with Gasteiger partial charge in [0, 0.05) is 31.7 Å². The van der Waals surface area contributed by atoms with Crippen LogP contribution in [0.3, 0.4) is 0 Å². The Morgan fingerprint density at radius 2 is 2.12 bits per heavy atom. The Morgan fingerprint density at radius 3 is 2.88 bits per heavy atom. The van der Waals surface area contributed by atoms with E-state index in [1.54, 1.807) is 0 Å². The molecule has 0 aromatic rings. The Hall–Kier alpha value is -0.120. The molecule has 3 unspecified atom stereocenters. The predicted molar refractivity (Wildman–Crippen MR) is 73.1 cm³/mol. The highest BCUT2D eigenvalue weighted by Crippen LogP contribution is 2.24. The molecule has 2 rings (SSSR count). The summed E-state index contributed by atoms with van der Waals surface area (Å²) in [5.74, 6) is 0.748. The van der Waals surface area contributed by atoms with E-state index in [-0.39, 0.29) is 0 Å². The summed E-state index contributed by atoms with van der Waals surface area (Å²) in [6, 6.07) is 1.56. The number of hydrogen-bond acceptors (Lipinski definition) is 3. The lowest BCUT2D eigenvalue weighted by molar-refractivity contribution is 0.00850. The topological polar surface area (TPSA) is 32.5 Å². The molecule has 2 saturated heterocycles. The molecule has 0 aromatic heterocycles. The average molecular weight is 239 g/mol. The molecule has 2 heterocycles. The molecule has 0 radical (unpaired) electrons. The molecule has 0 saturated carbocycles. The Morgan fingerprint density at radius 1 is 1.29 bits per heavy atom. The quantitative estimate of drug-likeness (QED) is 0.807. The number of nitrogens with two attached hydrogens (primary N) is 1. The van der Waals surface area contributed by atoms with Crippen LogP contribution in [0.25, 0.3) is 0 Å². The Labute approximate surface area is 106 Å². The van der Waals surface area contributed by atoms with Crippen molar-refractivity contribution < 1.29 is 0 Å². The van der Waals surface area contributed by atoms with Crippen molar-refractivity contribution in [3.8, 4) is 0 Å². The third-order valence-corrected chi connectivity index (χ3v) is 4.52. The van der Waals surface area contributed by atoms with Crippen molar-refractivity contribution in [1.29, 1.82) is 0 Å². The van der Waals surface area contributed by atoms with Gasteiger partial charge in [0.05, 0.1) is 0 Å². The number of rotatable bonds is 4. The van der Waals surface area contributed by atoms with E-state index in [4.69, 9.17) is 5.73 Å². The average Bonchev–Trinajstić information content (AvgIpc) is 2.30. The molecule has 17 heavy (non-hydrogen) atoms. The minimum absolute atomic E-state index is 0.726. The normalized spacial score (nSPS) is 33.4. The monoisotopic (exact) mass is 239 g/mol. The second-order valence-electron chi connectivity index (χ2n) is 6.13. The van der Waals surface area contributed by atoms with Crippen molar-refractivity contribution in [3.63, 3.8) is 0 Å². The van der Waals surface area contributed by atoms with Crippen LogP contribution in [0.15, 0.2) is 0 Å². The van der Waals surface area contributed by atoms with Crippen molar-refractivity contribution in [2.45, 2.75) is 51.6 Å². The summed E-state index contributed by atoms with van der Waals surface area (Å²) in [5.41, 5.74) is 5.65. The zero-order valence-electron chi connectivity index (χ0n) is 11.6. The maximum Gasteiger partial charge on any atom is 0.0223 e. The fourth-order valence-corrected chi connectivity index (χ4v) is 3.44. The molecule has 3 nitrogen and oxygen atoms in total. The fourth-order valence-electron chi connectivity index (χ4n) is 3.44. The molecule has 0 aromatic carbocycles. The van der Waals surface area contributed by atoms with E-state index in [9.17, 15) is 0 Å². The molecule has 0 bridgehead atoms. The zero-order chi connectivity index (χ0) is 12.3. The van der Waals surface area contributed by atoms with Gasteiger partial charge in [-0.1, -0.05) is 13.3 Å². The largest absolute Gasteiger partial charge is 0.330 e. The molecule has 100 valence electrons. The highest BCUT2D eigenvalue weighted by atomic mass is 15.3. The molecule has 2 fully saturated rings. The summed E-state index contributed by atoms with van der Waals surface area (Å²) in [7, 11) is 0. The van der Waals surface area contributed by atoms with Crippen LogP contribution in [0, 0.1) is 5.92 Å².